The van der Waals surface area contributed by atoms with Crippen molar-refractivity contribution in [2.75, 3.05) is 5.32 Å². The molecule has 0 saturated heterocycles. The lowest BCUT2D eigenvalue weighted by molar-refractivity contribution is -0.140. The van der Waals surface area contributed by atoms with Crippen molar-refractivity contribution in [2.45, 2.75) is 31.3 Å². The van der Waals surface area contributed by atoms with Crippen molar-refractivity contribution >= 4 is 52.3 Å². The fraction of sp³-hybridized carbons (Fsp3) is 0.172. The Balaban J connectivity index is 1.41. The molecule has 1 amide bonds. The summed E-state index contributed by atoms with van der Waals surface area (Å²) in [4.78, 5) is 25.3. The molecule has 5 rings (SSSR count). The van der Waals surface area contributed by atoms with Crippen molar-refractivity contribution in [1.29, 1.82) is 0 Å². The predicted molar refractivity (Wildman–Crippen MR) is 149 cm³/mol. The van der Waals surface area contributed by atoms with Crippen LogP contribution in [-0.4, -0.2) is 17.2 Å². The van der Waals surface area contributed by atoms with E-state index < -0.39 is 23.6 Å². The lowest BCUT2D eigenvalue weighted by atomic mass is 9.92. The fourth-order valence-corrected chi connectivity index (χ4v) is 5.98. The van der Waals surface area contributed by atoms with Gasteiger partial charge in [0.25, 0.3) is 0 Å². The van der Waals surface area contributed by atoms with Crippen LogP contribution in [0, 0.1) is 0 Å². The SMILES string of the molecule is CC(OC(=O)Nc1cc(Cl)sc1-c1ccccc1-c1ccc(C2(C(=O)O)CC2)cc1)c1ccccc1Cl. The summed E-state index contributed by atoms with van der Waals surface area (Å²) in [6, 6.07) is 24.4. The molecular formula is C29H23Cl2NO4S. The second-order valence-corrected chi connectivity index (χ2v) is 11.1. The zero-order chi connectivity index (χ0) is 26.2. The van der Waals surface area contributed by atoms with Crippen LogP contribution in [0.25, 0.3) is 21.6 Å². The largest absolute Gasteiger partial charge is 0.481 e. The van der Waals surface area contributed by atoms with E-state index in [9.17, 15) is 14.7 Å². The fourth-order valence-electron chi connectivity index (χ4n) is 4.47. The van der Waals surface area contributed by atoms with Gasteiger partial charge < -0.3 is 9.84 Å². The summed E-state index contributed by atoms with van der Waals surface area (Å²) >= 11 is 14.0. The summed E-state index contributed by atoms with van der Waals surface area (Å²) in [6.07, 6.45) is 0.157. The molecule has 5 nitrogen and oxygen atoms in total. The molecule has 1 aliphatic rings. The Kier molecular flexibility index (Phi) is 6.99. The van der Waals surface area contributed by atoms with Crippen LogP contribution < -0.4 is 5.32 Å². The number of hydrogen-bond donors (Lipinski definition) is 2. The first-order valence-corrected chi connectivity index (χ1v) is 13.3. The highest BCUT2D eigenvalue weighted by atomic mass is 35.5. The van der Waals surface area contributed by atoms with Crippen molar-refractivity contribution in [2.24, 2.45) is 0 Å². The van der Waals surface area contributed by atoms with Crippen LogP contribution in [0.3, 0.4) is 0 Å². The van der Waals surface area contributed by atoms with Gasteiger partial charge in [0.15, 0.2) is 0 Å². The number of hydrogen-bond acceptors (Lipinski definition) is 4. The molecule has 1 aromatic heterocycles. The van der Waals surface area contributed by atoms with E-state index >= 15 is 0 Å². The van der Waals surface area contributed by atoms with E-state index in [4.69, 9.17) is 27.9 Å². The number of nitrogens with one attached hydrogen (secondary N) is 1. The highest BCUT2D eigenvalue weighted by Gasteiger charge is 2.51. The molecule has 0 spiro atoms. The maximum atomic E-state index is 12.8. The van der Waals surface area contributed by atoms with Crippen LogP contribution in [0.2, 0.25) is 9.36 Å². The standard InChI is InChI=1S/C29H23Cl2NO4S/c1-17(20-6-4-5-9-23(20)30)36-28(35)32-24-16-25(31)37-26(24)22-8-3-2-7-21(22)18-10-12-19(13-11-18)29(14-15-29)27(33)34/h2-13,16-17H,14-15H2,1H3,(H,32,35)(H,33,34). The zero-order valence-corrected chi connectivity index (χ0v) is 22.2. The molecule has 4 aromatic rings. The smallest absolute Gasteiger partial charge is 0.412 e. The van der Waals surface area contributed by atoms with Gasteiger partial charge in [0.05, 0.1) is 20.3 Å². The van der Waals surface area contributed by atoms with Crippen LogP contribution >= 0.6 is 34.5 Å². The molecule has 0 bridgehead atoms. The van der Waals surface area contributed by atoms with Crippen LogP contribution in [0.5, 0.6) is 0 Å². The molecule has 3 aromatic carbocycles. The van der Waals surface area contributed by atoms with E-state index in [0.717, 1.165) is 27.1 Å². The van der Waals surface area contributed by atoms with Gasteiger partial charge in [0.2, 0.25) is 0 Å². The van der Waals surface area contributed by atoms with Gasteiger partial charge in [-0.25, -0.2) is 4.79 Å². The Hall–Kier alpha value is -3.32. The summed E-state index contributed by atoms with van der Waals surface area (Å²) in [5.41, 5.74) is 4.09. The predicted octanol–water partition coefficient (Wildman–Crippen LogP) is 8.81. The van der Waals surface area contributed by atoms with Crippen LogP contribution in [0.4, 0.5) is 10.5 Å². The number of carboxylic acid groups (broad SMARTS) is 1. The third kappa shape index (κ3) is 5.10. The van der Waals surface area contributed by atoms with Crippen molar-refractivity contribution in [3.63, 3.8) is 0 Å². The van der Waals surface area contributed by atoms with Gasteiger partial charge >= 0.3 is 12.1 Å². The van der Waals surface area contributed by atoms with Crippen LogP contribution in [0.15, 0.2) is 78.9 Å². The maximum Gasteiger partial charge on any atom is 0.412 e. The van der Waals surface area contributed by atoms with Crippen molar-refractivity contribution in [3.8, 4) is 21.6 Å². The highest BCUT2D eigenvalue weighted by molar-refractivity contribution is 7.20. The number of thiophene rings is 1. The Morgan fingerprint density at radius 2 is 1.62 bits per heavy atom. The number of carbonyl (C=O) groups excluding carboxylic acids is 1. The number of benzene rings is 3. The molecule has 8 heteroatoms. The number of carboxylic acids is 1. The summed E-state index contributed by atoms with van der Waals surface area (Å²) < 4.78 is 6.11. The van der Waals surface area contributed by atoms with E-state index in [1.165, 1.54) is 11.3 Å². The van der Waals surface area contributed by atoms with Gasteiger partial charge in [0, 0.05) is 16.1 Å². The minimum absolute atomic E-state index is 0.520. The van der Waals surface area contributed by atoms with Gasteiger partial charge in [-0.2, -0.15) is 0 Å². The monoisotopic (exact) mass is 551 g/mol. The number of halogens is 2. The molecule has 1 fully saturated rings. The molecule has 37 heavy (non-hydrogen) atoms. The molecule has 1 atom stereocenters. The summed E-state index contributed by atoms with van der Waals surface area (Å²) in [5.74, 6) is -0.777. The van der Waals surface area contributed by atoms with Crippen molar-refractivity contribution in [1.82, 2.24) is 0 Å². The summed E-state index contributed by atoms with van der Waals surface area (Å²) in [7, 11) is 0. The van der Waals surface area contributed by atoms with Gasteiger partial charge in [-0.05, 0) is 48.6 Å². The first kappa shape index (κ1) is 25.3. The first-order valence-electron chi connectivity index (χ1n) is 11.7. The Labute approximate surface area is 228 Å². The number of aliphatic carboxylic acids is 1. The van der Waals surface area contributed by atoms with Crippen LogP contribution in [0.1, 0.15) is 37.0 Å². The van der Waals surface area contributed by atoms with Gasteiger partial charge in [-0.1, -0.05) is 89.9 Å². The lowest BCUT2D eigenvalue weighted by Gasteiger charge is -2.16. The van der Waals surface area contributed by atoms with Crippen LogP contribution in [-0.2, 0) is 14.9 Å². The average molecular weight is 552 g/mol. The van der Waals surface area contributed by atoms with Gasteiger partial charge in [-0.3, -0.25) is 10.1 Å². The van der Waals surface area contributed by atoms with Crippen molar-refractivity contribution < 1.29 is 19.4 Å². The number of ether oxygens (including phenoxy) is 1. The molecule has 188 valence electrons. The zero-order valence-electron chi connectivity index (χ0n) is 19.8. The normalized spacial score (nSPS) is 14.6. The third-order valence-electron chi connectivity index (χ3n) is 6.65. The van der Waals surface area contributed by atoms with E-state index in [0.29, 0.717) is 33.5 Å². The van der Waals surface area contributed by atoms with E-state index in [1.54, 1.807) is 19.1 Å². The van der Waals surface area contributed by atoms with Gasteiger partial charge in [0.1, 0.15) is 6.10 Å². The molecule has 2 N–H and O–H groups in total. The van der Waals surface area contributed by atoms with E-state index in [1.807, 2.05) is 66.7 Å². The Bertz CT molecular complexity index is 1480. The van der Waals surface area contributed by atoms with E-state index in [2.05, 4.69) is 5.32 Å². The Morgan fingerprint density at radius 1 is 0.973 bits per heavy atom. The number of carbonyl (C=O) groups is 2. The molecule has 1 heterocycles. The number of amides is 1. The molecule has 1 unspecified atom stereocenters. The number of anilines is 1. The minimum atomic E-state index is -0.777. The average Bonchev–Trinajstić information content (AvgIpc) is 3.62. The third-order valence-corrected chi connectivity index (χ3v) is 8.29. The quantitative estimate of drug-likeness (QED) is 0.240. The topological polar surface area (TPSA) is 75.6 Å². The number of rotatable bonds is 7. The minimum Gasteiger partial charge on any atom is -0.481 e. The second kappa shape index (κ2) is 10.2. The Morgan fingerprint density at radius 3 is 2.27 bits per heavy atom. The molecule has 0 radical (unpaired) electrons. The molecule has 0 aliphatic heterocycles. The van der Waals surface area contributed by atoms with Crippen molar-refractivity contribution in [3.05, 3.63) is 99.3 Å². The maximum absolute atomic E-state index is 12.8. The lowest BCUT2D eigenvalue weighted by Crippen LogP contribution is -2.19. The molecule has 1 saturated carbocycles. The molecular weight excluding hydrogens is 529 g/mol. The van der Waals surface area contributed by atoms with Gasteiger partial charge in [-0.15, -0.1) is 11.3 Å². The highest BCUT2D eigenvalue weighted by Crippen LogP contribution is 2.49. The summed E-state index contributed by atoms with van der Waals surface area (Å²) in [6.45, 7) is 1.76. The summed E-state index contributed by atoms with van der Waals surface area (Å²) in [5, 5.41) is 13.0. The first-order chi connectivity index (χ1) is 17.8. The van der Waals surface area contributed by atoms with E-state index in [-0.39, 0.29) is 0 Å². The second-order valence-electron chi connectivity index (χ2n) is 9.00. The molecule has 1 aliphatic carbocycles.